The van der Waals surface area contributed by atoms with E-state index in [0.717, 1.165) is 27.0 Å². The van der Waals surface area contributed by atoms with E-state index in [1.807, 2.05) is 24.3 Å². The van der Waals surface area contributed by atoms with Gasteiger partial charge < -0.3 is 9.64 Å². The molecule has 0 bridgehead atoms. The zero-order valence-corrected chi connectivity index (χ0v) is 15.4. The number of ether oxygens (including phenoxy) is 1. The van der Waals surface area contributed by atoms with Gasteiger partial charge in [-0.05, 0) is 24.3 Å². The molecule has 0 unspecified atom stereocenters. The van der Waals surface area contributed by atoms with E-state index >= 15 is 0 Å². The fourth-order valence-corrected chi connectivity index (χ4v) is 3.43. The summed E-state index contributed by atoms with van der Waals surface area (Å²) in [5, 5.41) is 0.713. The highest BCUT2D eigenvalue weighted by Crippen LogP contribution is 2.32. The van der Waals surface area contributed by atoms with Crippen LogP contribution in [-0.4, -0.2) is 39.1 Å². The van der Waals surface area contributed by atoms with Crippen molar-refractivity contribution in [2.24, 2.45) is 4.99 Å². The second kappa shape index (κ2) is 7.04. The predicted octanol–water partition coefficient (Wildman–Crippen LogP) is 4.40. The standard InChI is InChI=1S/C18H18BrClN2O/c1-22-13(11-23-2)10-21-18(14-5-3-4-6-16(14)20)15-9-12(19)7-8-17(15)22/h3-9,13H,10-11H2,1-2H3/t13-/m0/s1. The number of halogens is 2. The van der Waals surface area contributed by atoms with Gasteiger partial charge in [0.15, 0.2) is 0 Å². The lowest BCUT2D eigenvalue weighted by atomic mass is 10.00. The predicted molar refractivity (Wildman–Crippen MR) is 100 cm³/mol. The van der Waals surface area contributed by atoms with Gasteiger partial charge in [-0.25, -0.2) is 0 Å². The quantitative estimate of drug-likeness (QED) is 0.772. The molecule has 3 rings (SSSR count). The third kappa shape index (κ3) is 3.30. The molecule has 0 spiro atoms. The molecule has 0 aliphatic carbocycles. The fourth-order valence-electron chi connectivity index (χ4n) is 2.85. The number of likely N-dealkylation sites (N-methyl/N-ethyl adjacent to an activating group) is 1. The van der Waals surface area contributed by atoms with Gasteiger partial charge in [0, 0.05) is 40.5 Å². The molecule has 120 valence electrons. The number of benzene rings is 2. The average molecular weight is 394 g/mol. The van der Waals surface area contributed by atoms with E-state index in [4.69, 9.17) is 21.3 Å². The van der Waals surface area contributed by atoms with Crippen molar-refractivity contribution in [3.05, 3.63) is 63.1 Å². The van der Waals surface area contributed by atoms with Crippen LogP contribution in [-0.2, 0) is 4.74 Å². The molecule has 0 saturated carbocycles. The Morgan fingerprint density at radius 1 is 1.26 bits per heavy atom. The van der Waals surface area contributed by atoms with Crippen LogP contribution in [0.5, 0.6) is 0 Å². The SMILES string of the molecule is COC[C@@H]1CN=C(c2ccccc2Cl)c2cc(Br)ccc2N1C. The molecular weight excluding hydrogens is 376 g/mol. The Balaban J connectivity index is 2.18. The van der Waals surface area contributed by atoms with Crippen LogP contribution in [0.1, 0.15) is 11.1 Å². The average Bonchev–Trinajstić information content (AvgIpc) is 2.67. The van der Waals surface area contributed by atoms with Crippen LogP contribution < -0.4 is 4.90 Å². The van der Waals surface area contributed by atoms with Crippen molar-refractivity contribution in [1.29, 1.82) is 0 Å². The number of hydrogen-bond acceptors (Lipinski definition) is 3. The van der Waals surface area contributed by atoms with E-state index in [0.29, 0.717) is 18.2 Å². The third-order valence-electron chi connectivity index (χ3n) is 4.09. The number of anilines is 1. The number of hydrogen-bond donors (Lipinski definition) is 0. The lowest BCUT2D eigenvalue weighted by molar-refractivity contribution is 0.180. The molecule has 0 fully saturated rings. The molecular formula is C18H18BrClN2O. The monoisotopic (exact) mass is 392 g/mol. The minimum atomic E-state index is 0.194. The second-order valence-electron chi connectivity index (χ2n) is 5.55. The Hall–Kier alpha value is -1.36. The Bertz CT molecular complexity index is 748. The molecule has 0 aromatic heterocycles. The van der Waals surface area contributed by atoms with Gasteiger partial charge in [0.1, 0.15) is 0 Å². The molecule has 23 heavy (non-hydrogen) atoms. The van der Waals surface area contributed by atoms with E-state index in [2.05, 4.69) is 46.1 Å². The number of methoxy groups -OCH3 is 1. The van der Waals surface area contributed by atoms with Gasteiger partial charge in [-0.1, -0.05) is 45.7 Å². The summed E-state index contributed by atoms with van der Waals surface area (Å²) >= 11 is 9.99. The van der Waals surface area contributed by atoms with Crippen molar-refractivity contribution < 1.29 is 4.74 Å². The molecule has 1 aliphatic heterocycles. The summed E-state index contributed by atoms with van der Waals surface area (Å²) in [6, 6.07) is 14.3. The van der Waals surface area contributed by atoms with Crippen molar-refractivity contribution >= 4 is 38.9 Å². The summed E-state index contributed by atoms with van der Waals surface area (Å²) in [5.41, 5.74) is 4.09. The number of nitrogens with zero attached hydrogens (tertiary/aromatic N) is 2. The minimum Gasteiger partial charge on any atom is -0.382 e. The van der Waals surface area contributed by atoms with Gasteiger partial charge in [0.2, 0.25) is 0 Å². The van der Waals surface area contributed by atoms with Crippen molar-refractivity contribution in [2.45, 2.75) is 6.04 Å². The van der Waals surface area contributed by atoms with Crippen LogP contribution in [0.25, 0.3) is 0 Å². The van der Waals surface area contributed by atoms with E-state index in [-0.39, 0.29) is 6.04 Å². The first kappa shape index (κ1) is 16.5. The van der Waals surface area contributed by atoms with Crippen LogP contribution in [0.4, 0.5) is 5.69 Å². The summed E-state index contributed by atoms with van der Waals surface area (Å²) in [6.45, 7) is 1.29. The molecule has 1 heterocycles. The zero-order valence-electron chi connectivity index (χ0n) is 13.1. The first-order valence-electron chi connectivity index (χ1n) is 7.43. The second-order valence-corrected chi connectivity index (χ2v) is 6.87. The Labute approximate surface area is 150 Å². The number of fused-ring (bicyclic) bond motifs is 1. The van der Waals surface area contributed by atoms with Gasteiger partial charge in [0.05, 0.1) is 24.9 Å². The molecule has 5 heteroatoms. The molecule has 1 atom stereocenters. The number of aliphatic imine (C=N–C) groups is 1. The van der Waals surface area contributed by atoms with Crippen LogP contribution >= 0.6 is 27.5 Å². The van der Waals surface area contributed by atoms with Crippen molar-refractivity contribution in [1.82, 2.24) is 0 Å². The molecule has 0 N–H and O–H groups in total. The lowest BCUT2D eigenvalue weighted by Crippen LogP contribution is -2.37. The molecule has 0 amide bonds. The highest BCUT2D eigenvalue weighted by atomic mass is 79.9. The fraction of sp³-hybridized carbons (Fsp3) is 0.278. The van der Waals surface area contributed by atoms with Crippen LogP contribution in [0.2, 0.25) is 5.02 Å². The van der Waals surface area contributed by atoms with Crippen LogP contribution in [0, 0.1) is 0 Å². The van der Waals surface area contributed by atoms with Crippen molar-refractivity contribution in [3.63, 3.8) is 0 Å². The first-order valence-corrected chi connectivity index (χ1v) is 8.60. The summed E-state index contributed by atoms with van der Waals surface area (Å²) in [6.07, 6.45) is 0. The summed E-state index contributed by atoms with van der Waals surface area (Å²) in [7, 11) is 3.81. The van der Waals surface area contributed by atoms with Gasteiger partial charge in [0.25, 0.3) is 0 Å². The summed E-state index contributed by atoms with van der Waals surface area (Å²) in [5.74, 6) is 0. The zero-order chi connectivity index (χ0) is 16.4. The highest BCUT2D eigenvalue weighted by molar-refractivity contribution is 9.10. The van der Waals surface area contributed by atoms with Crippen molar-refractivity contribution in [3.8, 4) is 0 Å². The van der Waals surface area contributed by atoms with Gasteiger partial charge >= 0.3 is 0 Å². The maximum absolute atomic E-state index is 6.42. The summed E-state index contributed by atoms with van der Waals surface area (Å²) in [4.78, 5) is 7.11. The molecule has 2 aromatic rings. The summed E-state index contributed by atoms with van der Waals surface area (Å²) < 4.78 is 6.39. The Kier molecular flexibility index (Phi) is 5.05. The smallest absolute Gasteiger partial charge is 0.0756 e. The van der Waals surface area contributed by atoms with Gasteiger partial charge in [-0.2, -0.15) is 0 Å². The third-order valence-corrected chi connectivity index (χ3v) is 4.91. The molecule has 2 aromatic carbocycles. The normalized spacial score (nSPS) is 17.5. The lowest BCUT2D eigenvalue weighted by Gasteiger charge is -2.28. The maximum atomic E-state index is 6.42. The van der Waals surface area contributed by atoms with Gasteiger partial charge in [-0.3, -0.25) is 4.99 Å². The van der Waals surface area contributed by atoms with Gasteiger partial charge in [-0.15, -0.1) is 0 Å². The molecule has 0 saturated heterocycles. The topological polar surface area (TPSA) is 24.8 Å². The van der Waals surface area contributed by atoms with Crippen LogP contribution in [0.3, 0.4) is 0 Å². The van der Waals surface area contributed by atoms with Crippen molar-refractivity contribution in [2.75, 3.05) is 32.2 Å². The van der Waals surface area contributed by atoms with E-state index in [1.54, 1.807) is 7.11 Å². The molecule has 3 nitrogen and oxygen atoms in total. The number of benzodiazepines with no additional fused rings is 1. The first-order chi connectivity index (χ1) is 11.1. The van der Waals surface area contributed by atoms with Crippen LogP contribution in [0.15, 0.2) is 51.9 Å². The van der Waals surface area contributed by atoms with E-state index in [9.17, 15) is 0 Å². The Morgan fingerprint density at radius 3 is 2.78 bits per heavy atom. The largest absolute Gasteiger partial charge is 0.382 e. The minimum absolute atomic E-state index is 0.194. The molecule has 1 aliphatic rings. The number of rotatable bonds is 3. The van der Waals surface area contributed by atoms with E-state index < -0.39 is 0 Å². The maximum Gasteiger partial charge on any atom is 0.0756 e. The Morgan fingerprint density at radius 2 is 2.04 bits per heavy atom. The molecule has 0 radical (unpaired) electrons. The van der Waals surface area contributed by atoms with E-state index in [1.165, 1.54) is 0 Å². The highest BCUT2D eigenvalue weighted by Gasteiger charge is 2.25.